The van der Waals surface area contributed by atoms with Gasteiger partial charge in [-0.1, -0.05) is 6.07 Å². The number of aliphatic carboxylic acids is 1. The van der Waals surface area contributed by atoms with Crippen molar-refractivity contribution in [2.24, 2.45) is 0 Å². The smallest absolute Gasteiger partial charge is 0.309 e. The number of carbonyl (C=O) groups excluding carboxylic acids is 1. The third-order valence-corrected chi connectivity index (χ3v) is 2.67. The van der Waals surface area contributed by atoms with Crippen LogP contribution in [0.1, 0.15) is 16.1 Å². The van der Waals surface area contributed by atoms with Crippen molar-refractivity contribution in [1.82, 2.24) is 4.98 Å². The highest BCUT2D eigenvalue weighted by Crippen LogP contribution is 2.28. The van der Waals surface area contributed by atoms with Gasteiger partial charge >= 0.3 is 5.97 Å². The molecule has 0 bridgehead atoms. The molecule has 1 amide bonds. The summed E-state index contributed by atoms with van der Waals surface area (Å²) < 4.78 is 0. The second kappa shape index (κ2) is 5.91. The van der Waals surface area contributed by atoms with Gasteiger partial charge in [-0.2, -0.15) is 0 Å². The Balaban J connectivity index is 2.12. The lowest BCUT2D eigenvalue weighted by atomic mass is 10.1. The Kier molecular flexibility index (Phi) is 4.03. The number of rotatable bonds is 4. The molecule has 1 aromatic carbocycles. The predicted molar refractivity (Wildman–Crippen MR) is 73.3 cm³/mol. The highest BCUT2D eigenvalue weighted by atomic mass is 16.4. The van der Waals surface area contributed by atoms with Crippen molar-refractivity contribution in [2.45, 2.75) is 6.42 Å². The van der Waals surface area contributed by atoms with Crippen LogP contribution in [0.15, 0.2) is 36.5 Å². The first-order chi connectivity index (χ1) is 9.97. The molecule has 0 spiro atoms. The largest absolute Gasteiger partial charge is 0.504 e. The van der Waals surface area contributed by atoms with E-state index in [0.29, 0.717) is 11.4 Å². The van der Waals surface area contributed by atoms with Gasteiger partial charge < -0.3 is 20.6 Å². The Labute approximate surface area is 119 Å². The van der Waals surface area contributed by atoms with Crippen LogP contribution in [0.25, 0.3) is 0 Å². The first-order valence-corrected chi connectivity index (χ1v) is 5.96. The lowest BCUT2D eigenvalue weighted by Gasteiger charge is -2.07. The summed E-state index contributed by atoms with van der Waals surface area (Å²) in [7, 11) is 0. The summed E-state index contributed by atoms with van der Waals surface area (Å²) in [6, 6.07) is 7.03. The van der Waals surface area contributed by atoms with Crippen molar-refractivity contribution in [3.63, 3.8) is 0 Å². The van der Waals surface area contributed by atoms with E-state index in [-0.39, 0.29) is 12.0 Å². The number of carbonyl (C=O) groups is 2. The molecule has 7 nitrogen and oxygen atoms in total. The van der Waals surface area contributed by atoms with Crippen LogP contribution in [-0.4, -0.2) is 32.2 Å². The normalized spacial score (nSPS) is 10.1. The van der Waals surface area contributed by atoms with Crippen molar-refractivity contribution in [3.8, 4) is 11.5 Å². The second-order valence-electron chi connectivity index (χ2n) is 4.24. The van der Waals surface area contributed by atoms with E-state index < -0.39 is 23.4 Å². The van der Waals surface area contributed by atoms with Gasteiger partial charge in [-0.15, -0.1) is 0 Å². The maximum absolute atomic E-state index is 11.9. The van der Waals surface area contributed by atoms with Crippen LogP contribution in [0.5, 0.6) is 11.5 Å². The van der Waals surface area contributed by atoms with Gasteiger partial charge in [-0.3, -0.25) is 14.6 Å². The molecule has 0 saturated carbocycles. The summed E-state index contributed by atoms with van der Waals surface area (Å²) in [6.07, 6.45) is 1.11. The fourth-order valence-electron chi connectivity index (χ4n) is 1.67. The molecule has 2 aromatic rings. The Morgan fingerprint density at radius 1 is 1.14 bits per heavy atom. The van der Waals surface area contributed by atoms with Crippen LogP contribution in [0.2, 0.25) is 0 Å². The number of nitrogens with zero attached hydrogens (tertiary/aromatic N) is 1. The summed E-state index contributed by atoms with van der Waals surface area (Å²) in [4.78, 5) is 26.4. The maximum atomic E-state index is 11.9. The van der Waals surface area contributed by atoms with Gasteiger partial charge in [0.25, 0.3) is 5.91 Å². The van der Waals surface area contributed by atoms with Gasteiger partial charge in [0.05, 0.1) is 29.6 Å². The van der Waals surface area contributed by atoms with Gasteiger partial charge in [0.2, 0.25) is 0 Å². The van der Waals surface area contributed by atoms with Crippen LogP contribution in [0, 0.1) is 0 Å². The molecule has 0 fully saturated rings. The van der Waals surface area contributed by atoms with Gasteiger partial charge in [-0.05, 0) is 24.3 Å². The average Bonchev–Trinajstić information content (AvgIpc) is 2.43. The SMILES string of the molecule is O=C(O)Cc1ccc(NC(=O)c2cccc(O)c2O)cn1. The molecule has 1 heterocycles. The molecular formula is C14H12N2O5. The van der Waals surface area contributed by atoms with Gasteiger partial charge in [-0.25, -0.2) is 0 Å². The Hall–Kier alpha value is -3.09. The molecule has 108 valence electrons. The van der Waals surface area contributed by atoms with Gasteiger partial charge in [0, 0.05) is 0 Å². The molecule has 0 aliphatic heterocycles. The molecule has 4 N–H and O–H groups in total. The van der Waals surface area contributed by atoms with Crippen molar-refractivity contribution < 1.29 is 24.9 Å². The number of anilines is 1. The number of amides is 1. The van der Waals surface area contributed by atoms with Crippen LogP contribution in [0.4, 0.5) is 5.69 Å². The first kappa shape index (κ1) is 14.3. The van der Waals surface area contributed by atoms with E-state index in [2.05, 4.69) is 10.3 Å². The number of benzene rings is 1. The number of nitrogens with one attached hydrogen (secondary N) is 1. The molecule has 2 rings (SSSR count). The summed E-state index contributed by atoms with van der Waals surface area (Å²) in [5.41, 5.74) is 0.627. The lowest BCUT2D eigenvalue weighted by molar-refractivity contribution is -0.136. The minimum absolute atomic E-state index is 0.0791. The van der Waals surface area contributed by atoms with E-state index in [1.54, 1.807) is 0 Å². The van der Waals surface area contributed by atoms with E-state index in [9.17, 15) is 19.8 Å². The summed E-state index contributed by atoms with van der Waals surface area (Å²) >= 11 is 0. The van der Waals surface area contributed by atoms with E-state index in [4.69, 9.17) is 5.11 Å². The van der Waals surface area contributed by atoms with Crippen LogP contribution >= 0.6 is 0 Å². The van der Waals surface area contributed by atoms with Crippen molar-refractivity contribution in [2.75, 3.05) is 5.32 Å². The number of pyridine rings is 1. The summed E-state index contributed by atoms with van der Waals surface area (Å²) in [6.45, 7) is 0. The number of para-hydroxylation sites is 1. The van der Waals surface area contributed by atoms with Gasteiger partial charge in [0.1, 0.15) is 0 Å². The van der Waals surface area contributed by atoms with Crippen molar-refractivity contribution in [3.05, 3.63) is 47.8 Å². The van der Waals surface area contributed by atoms with Crippen molar-refractivity contribution in [1.29, 1.82) is 0 Å². The molecule has 1 aromatic heterocycles. The fourth-order valence-corrected chi connectivity index (χ4v) is 1.67. The fraction of sp³-hybridized carbons (Fsp3) is 0.0714. The summed E-state index contributed by atoms with van der Waals surface area (Å²) in [5, 5.41) is 30.0. The number of aromatic nitrogens is 1. The predicted octanol–water partition coefficient (Wildman–Crippen LogP) is 1.37. The second-order valence-corrected chi connectivity index (χ2v) is 4.24. The first-order valence-electron chi connectivity index (χ1n) is 5.96. The Bertz CT molecular complexity index is 682. The number of phenolic OH excluding ortho intramolecular Hbond substituents is 2. The van der Waals surface area contributed by atoms with E-state index in [1.807, 2.05) is 0 Å². The van der Waals surface area contributed by atoms with Crippen LogP contribution in [-0.2, 0) is 11.2 Å². The van der Waals surface area contributed by atoms with Gasteiger partial charge in [0.15, 0.2) is 11.5 Å². The quantitative estimate of drug-likeness (QED) is 0.631. The summed E-state index contributed by atoms with van der Waals surface area (Å²) in [5.74, 6) is -2.51. The average molecular weight is 288 g/mol. The minimum Gasteiger partial charge on any atom is -0.504 e. The zero-order chi connectivity index (χ0) is 15.4. The molecule has 0 saturated heterocycles. The molecule has 0 aliphatic rings. The Morgan fingerprint density at radius 3 is 2.52 bits per heavy atom. The van der Waals surface area contributed by atoms with Crippen molar-refractivity contribution >= 4 is 17.6 Å². The molecule has 0 radical (unpaired) electrons. The molecule has 0 unspecified atom stereocenters. The molecule has 7 heteroatoms. The number of hydrogen-bond acceptors (Lipinski definition) is 5. The molecule has 0 aliphatic carbocycles. The minimum atomic E-state index is -0.996. The number of phenols is 2. The highest BCUT2D eigenvalue weighted by Gasteiger charge is 2.14. The Morgan fingerprint density at radius 2 is 1.90 bits per heavy atom. The molecule has 21 heavy (non-hydrogen) atoms. The standard InChI is InChI=1S/C14H12N2O5/c17-11-3-1-2-10(13(11)20)14(21)16-9-5-4-8(15-7-9)6-12(18)19/h1-5,7,17,20H,6H2,(H,16,21)(H,18,19). The third-order valence-electron chi connectivity index (χ3n) is 2.67. The molecule has 0 atom stereocenters. The van der Waals surface area contributed by atoms with Crippen LogP contribution < -0.4 is 5.32 Å². The number of carboxylic acid groups (broad SMARTS) is 1. The van der Waals surface area contributed by atoms with E-state index >= 15 is 0 Å². The zero-order valence-corrected chi connectivity index (χ0v) is 10.8. The topological polar surface area (TPSA) is 120 Å². The van der Waals surface area contributed by atoms with E-state index in [0.717, 1.165) is 0 Å². The molecular weight excluding hydrogens is 276 g/mol. The van der Waals surface area contributed by atoms with Crippen LogP contribution in [0.3, 0.4) is 0 Å². The zero-order valence-electron chi connectivity index (χ0n) is 10.8. The number of carboxylic acids is 1. The lowest BCUT2D eigenvalue weighted by Crippen LogP contribution is -2.12. The number of aromatic hydroxyl groups is 2. The highest BCUT2D eigenvalue weighted by molar-refractivity contribution is 6.06. The maximum Gasteiger partial charge on any atom is 0.309 e. The monoisotopic (exact) mass is 288 g/mol. The third kappa shape index (κ3) is 3.47. The van der Waals surface area contributed by atoms with E-state index in [1.165, 1.54) is 36.5 Å². The number of hydrogen-bond donors (Lipinski definition) is 4.